The molecule has 0 fully saturated rings. The number of hydrogen-bond donors (Lipinski definition) is 0. The van der Waals surface area contributed by atoms with Crippen LogP contribution in [0.1, 0.15) is 45.9 Å². The number of para-hydroxylation sites is 2. The highest BCUT2D eigenvalue weighted by molar-refractivity contribution is 5.90. The zero-order valence-electron chi connectivity index (χ0n) is 34.9. The highest BCUT2D eigenvalue weighted by Gasteiger charge is 2.42. The van der Waals surface area contributed by atoms with Crippen molar-refractivity contribution in [1.82, 2.24) is 0 Å². The average molecular weight is 795 g/mol. The van der Waals surface area contributed by atoms with Crippen molar-refractivity contribution in [3.05, 3.63) is 251 Å². The van der Waals surface area contributed by atoms with E-state index < -0.39 is 5.41 Å². The van der Waals surface area contributed by atoms with Crippen molar-refractivity contribution in [2.75, 3.05) is 9.80 Å². The number of nitrogens with zero attached hydrogens (tertiary/aromatic N) is 2. The molecule has 0 amide bonds. The second-order valence-electron chi connectivity index (χ2n) is 17.4. The molecule has 0 N–H and O–H groups in total. The van der Waals surface area contributed by atoms with Crippen molar-refractivity contribution < 1.29 is 0 Å². The molecule has 0 radical (unpaired) electrons. The van der Waals surface area contributed by atoms with E-state index in [-0.39, 0.29) is 0 Å². The summed E-state index contributed by atoms with van der Waals surface area (Å²) in [5.74, 6) is 0. The molecule has 62 heavy (non-hydrogen) atoms. The smallest absolute Gasteiger partial charge is 0.0465 e. The average Bonchev–Trinajstić information content (AvgIpc) is 3.56. The maximum Gasteiger partial charge on any atom is 0.0465 e. The summed E-state index contributed by atoms with van der Waals surface area (Å²) in [6.07, 6.45) is 4.77. The molecule has 0 bridgehead atoms. The first-order chi connectivity index (χ1) is 30.6. The van der Waals surface area contributed by atoms with E-state index in [0.717, 1.165) is 34.1 Å². The first-order valence-corrected chi connectivity index (χ1v) is 22.1. The van der Waals surface area contributed by atoms with Crippen molar-refractivity contribution in [3.8, 4) is 33.4 Å². The first-order valence-electron chi connectivity index (χ1n) is 22.1. The van der Waals surface area contributed by atoms with Gasteiger partial charge in [0, 0.05) is 39.5 Å². The molecule has 0 atom stereocenters. The lowest BCUT2D eigenvalue weighted by molar-refractivity contribution is 0.714. The van der Waals surface area contributed by atoms with Crippen LogP contribution in [0.15, 0.2) is 212 Å². The maximum atomic E-state index is 2.45. The van der Waals surface area contributed by atoms with Crippen LogP contribution in [0.3, 0.4) is 0 Å². The second-order valence-corrected chi connectivity index (χ2v) is 17.4. The number of aryl methyl sites for hydroxylation is 4. The van der Waals surface area contributed by atoms with Crippen LogP contribution >= 0.6 is 0 Å². The quantitative estimate of drug-likeness (QED) is 0.144. The van der Waals surface area contributed by atoms with Crippen LogP contribution in [0.4, 0.5) is 34.1 Å². The summed E-state index contributed by atoms with van der Waals surface area (Å²) in [6.45, 7) is 2.42. The lowest BCUT2D eigenvalue weighted by atomic mass is 9.74. The van der Waals surface area contributed by atoms with E-state index in [1.165, 1.54) is 98.0 Å². The third-order valence-corrected chi connectivity index (χ3v) is 13.9. The van der Waals surface area contributed by atoms with E-state index in [1.807, 2.05) is 0 Å². The SMILES string of the molecule is CC1(c2ccccc2)c2cc(N(c3ccccc3)c3ccc(-c4ccc5c(c4)CC5)cc3)ccc2-c2ccc(N(c3ccccc3)c3ccc(-c4ccc5c(c4)CC5)cc3)cc21. The van der Waals surface area contributed by atoms with Crippen LogP contribution in [0.2, 0.25) is 0 Å². The first kappa shape index (κ1) is 36.4. The summed E-state index contributed by atoms with van der Waals surface area (Å²) in [4.78, 5) is 4.81. The molecule has 3 aliphatic rings. The molecule has 2 nitrogen and oxygen atoms in total. The van der Waals surface area contributed by atoms with E-state index in [1.54, 1.807) is 0 Å². The minimum atomic E-state index is -0.417. The normalized spacial score (nSPS) is 13.8. The summed E-state index contributed by atoms with van der Waals surface area (Å²) in [7, 11) is 0. The molecule has 0 aromatic heterocycles. The second kappa shape index (κ2) is 14.6. The zero-order chi connectivity index (χ0) is 41.2. The van der Waals surface area contributed by atoms with Gasteiger partial charge in [0.15, 0.2) is 0 Å². The molecule has 3 aliphatic carbocycles. The number of hydrogen-bond acceptors (Lipinski definition) is 2. The molecule has 2 heteroatoms. The fraction of sp³-hybridized carbons (Fsp3) is 0.100. The summed E-state index contributed by atoms with van der Waals surface area (Å²) in [5.41, 5.74) is 23.9. The Morgan fingerprint density at radius 1 is 0.306 bits per heavy atom. The maximum absolute atomic E-state index is 2.45. The number of fused-ring (bicyclic) bond motifs is 5. The molecule has 0 saturated carbocycles. The Bertz CT molecular complexity index is 2920. The van der Waals surface area contributed by atoms with Gasteiger partial charge in [0.25, 0.3) is 0 Å². The lowest BCUT2D eigenvalue weighted by Gasteiger charge is -2.32. The van der Waals surface area contributed by atoms with Crippen molar-refractivity contribution in [1.29, 1.82) is 0 Å². The number of anilines is 6. The molecule has 0 aliphatic heterocycles. The monoisotopic (exact) mass is 794 g/mol. The van der Waals surface area contributed by atoms with Crippen molar-refractivity contribution >= 4 is 34.1 Å². The lowest BCUT2D eigenvalue weighted by Crippen LogP contribution is -2.23. The van der Waals surface area contributed by atoms with Gasteiger partial charge in [-0.05, 0) is 178 Å². The van der Waals surface area contributed by atoms with E-state index in [2.05, 4.69) is 229 Å². The minimum absolute atomic E-state index is 0.417. The van der Waals surface area contributed by atoms with Crippen LogP contribution in [-0.4, -0.2) is 0 Å². The molecule has 296 valence electrons. The number of rotatable bonds is 9. The Hall–Kier alpha value is -7.42. The fourth-order valence-corrected chi connectivity index (χ4v) is 10.3. The highest BCUT2D eigenvalue weighted by Crippen LogP contribution is 2.55. The predicted octanol–water partition coefficient (Wildman–Crippen LogP) is 15.5. The Labute approximate surface area is 365 Å². The molecular weight excluding hydrogens is 749 g/mol. The molecule has 9 aromatic rings. The molecule has 0 saturated heterocycles. The Kier molecular flexibility index (Phi) is 8.60. The molecule has 9 aromatic carbocycles. The third kappa shape index (κ3) is 6.01. The fourth-order valence-electron chi connectivity index (χ4n) is 10.3. The van der Waals surface area contributed by atoms with Gasteiger partial charge in [0.2, 0.25) is 0 Å². The molecule has 0 spiro atoms. The Morgan fingerprint density at radius 2 is 0.661 bits per heavy atom. The van der Waals surface area contributed by atoms with Gasteiger partial charge in [-0.2, -0.15) is 0 Å². The van der Waals surface area contributed by atoms with Gasteiger partial charge in [0.1, 0.15) is 0 Å². The predicted molar refractivity (Wildman–Crippen MR) is 259 cm³/mol. The standard InChI is InChI=1S/C60H46N2/c1-60(49-11-5-2-6-12-49)58-39-54(61(50-13-7-3-8-14-50)52-29-25-43(26-30-52)47-23-19-41-17-21-45(41)37-47)33-35-56(58)57-36-34-55(40-59(57)60)62(51-15-9-4-10-16-51)53-31-27-44(28-32-53)48-24-20-42-18-22-46(42)38-48/h2-16,19-20,23-40H,17-18,21-22H2,1H3. The molecule has 12 rings (SSSR count). The van der Waals surface area contributed by atoms with Crippen LogP contribution in [0.25, 0.3) is 33.4 Å². The van der Waals surface area contributed by atoms with Crippen molar-refractivity contribution in [2.24, 2.45) is 0 Å². The minimum Gasteiger partial charge on any atom is -0.310 e. The van der Waals surface area contributed by atoms with Gasteiger partial charge in [-0.15, -0.1) is 0 Å². The van der Waals surface area contributed by atoms with Gasteiger partial charge in [-0.3, -0.25) is 0 Å². The van der Waals surface area contributed by atoms with E-state index in [9.17, 15) is 0 Å². The van der Waals surface area contributed by atoms with Gasteiger partial charge in [-0.25, -0.2) is 0 Å². The van der Waals surface area contributed by atoms with E-state index in [4.69, 9.17) is 0 Å². The van der Waals surface area contributed by atoms with Gasteiger partial charge < -0.3 is 9.80 Å². The van der Waals surface area contributed by atoms with Gasteiger partial charge >= 0.3 is 0 Å². The molecule has 0 heterocycles. The van der Waals surface area contributed by atoms with E-state index in [0.29, 0.717) is 0 Å². The molecule has 0 unspecified atom stereocenters. The highest BCUT2D eigenvalue weighted by atomic mass is 15.1. The topological polar surface area (TPSA) is 6.48 Å². The third-order valence-electron chi connectivity index (χ3n) is 13.9. The van der Waals surface area contributed by atoms with Gasteiger partial charge in [-0.1, -0.05) is 140 Å². The van der Waals surface area contributed by atoms with Crippen LogP contribution in [0.5, 0.6) is 0 Å². The van der Waals surface area contributed by atoms with Crippen LogP contribution < -0.4 is 9.80 Å². The van der Waals surface area contributed by atoms with Crippen molar-refractivity contribution in [3.63, 3.8) is 0 Å². The summed E-state index contributed by atoms with van der Waals surface area (Å²) >= 11 is 0. The van der Waals surface area contributed by atoms with Crippen LogP contribution in [-0.2, 0) is 31.1 Å². The van der Waals surface area contributed by atoms with Crippen LogP contribution in [0, 0.1) is 0 Å². The zero-order valence-corrected chi connectivity index (χ0v) is 34.9. The molecular formula is C60H46N2. The summed E-state index contributed by atoms with van der Waals surface area (Å²) in [5, 5.41) is 0. The Morgan fingerprint density at radius 3 is 1.05 bits per heavy atom. The van der Waals surface area contributed by atoms with Crippen molar-refractivity contribution in [2.45, 2.75) is 38.0 Å². The van der Waals surface area contributed by atoms with E-state index >= 15 is 0 Å². The number of benzene rings is 9. The Balaban J connectivity index is 0.962. The largest absolute Gasteiger partial charge is 0.310 e. The van der Waals surface area contributed by atoms with Gasteiger partial charge in [0.05, 0.1) is 0 Å². The summed E-state index contributed by atoms with van der Waals surface area (Å²) in [6, 6.07) is 79.0. The summed E-state index contributed by atoms with van der Waals surface area (Å²) < 4.78 is 0.